The molecule has 178 valence electrons. The zero-order valence-electron chi connectivity index (χ0n) is 18.4. The van der Waals surface area contributed by atoms with Crippen LogP contribution in [0.15, 0.2) is 71.4 Å². The van der Waals surface area contributed by atoms with Crippen LogP contribution in [0.2, 0.25) is 10.0 Å². The molecule has 0 aliphatic carbocycles. The molecule has 0 fully saturated rings. The van der Waals surface area contributed by atoms with Crippen LogP contribution < -0.4 is 9.47 Å². The molecule has 8 nitrogen and oxygen atoms in total. The Morgan fingerprint density at radius 3 is 2.57 bits per heavy atom. The van der Waals surface area contributed by atoms with Crippen molar-refractivity contribution in [3.63, 3.8) is 0 Å². The van der Waals surface area contributed by atoms with Crippen molar-refractivity contribution in [2.24, 2.45) is 4.99 Å². The number of halogens is 2. The Morgan fingerprint density at radius 2 is 1.83 bits per heavy atom. The van der Waals surface area contributed by atoms with Crippen molar-refractivity contribution in [2.45, 2.75) is 13.5 Å². The van der Waals surface area contributed by atoms with Gasteiger partial charge in [-0.2, -0.15) is 0 Å². The molecular formula is C25H18Cl2N2O6. The van der Waals surface area contributed by atoms with Gasteiger partial charge in [-0.3, -0.25) is 10.1 Å². The molecule has 0 saturated heterocycles. The number of aliphatic imine (C=N–C) groups is 1. The van der Waals surface area contributed by atoms with Crippen molar-refractivity contribution in [1.29, 1.82) is 0 Å². The molecule has 0 spiro atoms. The third-order valence-electron chi connectivity index (χ3n) is 4.92. The highest BCUT2D eigenvalue weighted by Crippen LogP contribution is 2.32. The van der Waals surface area contributed by atoms with Gasteiger partial charge in [0, 0.05) is 22.2 Å². The highest BCUT2D eigenvalue weighted by Gasteiger charge is 2.26. The number of hydrogen-bond acceptors (Lipinski definition) is 7. The smallest absolute Gasteiger partial charge is 0.363 e. The summed E-state index contributed by atoms with van der Waals surface area (Å²) in [5.41, 5.74) is 1.44. The van der Waals surface area contributed by atoms with Crippen LogP contribution in [0, 0.1) is 10.1 Å². The summed E-state index contributed by atoms with van der Waals surface area (Å²) in [5.74, 6) is 0.263. The Bertz CT molecular complexity index is 1370. The predicted octanol–water partition coefficient (Wildman–Crippen LogP) is 6.22. The van der Waals surface area contributed by atoms with Crippen molar-refractivity contribution >= 4 is 46.8 Å². The van der Waals surface area contributed by atoms with Gasteiger partial charge in [0.1, 0.15) is 11.6 Å². The van der Waals surface area contributed by atoms with Gasteiger partial charge in [-0.15, -0.1) is 0 Å². The molecule has 1 heterocycles. The Hall–Kier alpha value is -3.88. The number of nitro groups is 1. The molecule has 0 radical (unpaired) electrons. The lowest BCUT2D eigenvalue weighted by atomic mass is 10.1. The summed E-state index contributed by atoms with van der Waals surface area (Å²) >= 11 is 12.0. The van der Waals surface area contributed by atoms with E-state index in [-0.39, 0.29) is 34.5 Å². The van der Waals surface area contributed by atoms with Crippen LogP contribution in [0.25, 0.3) is 6.08 Å². The summed E-state index contributed by atoms with van der Waals surface area (Å²) in [4.78, 5) is 27.1. The average Bonchev–Trinajstić information content (AvgIpc) is 3.20. The van der Waals surface area contributed by atoms with Crippen LogP contribution in [0.3, 0.4) is 0 Å². The van der Waals surface area contributed by atoms with E-state index in [0.29, 0.717) is 28.7 Å². The summed E-state index contributed by atoms with van der Waals surface area (Å²) in [6, 6.07) is 16.6. The second-order valence-corrected chi connectivity index (χ2v) is 8.09. The van der Waals surface area contributed by atoms with E-state index in [4.69, 9.17) is 37.4 Å². The maximum absolute atomic E-state index is 12.4. The minimum absolute atomic E-state index is 0.0280. The second-order valence-electron chi connectivity index (χ2n) is 7.28. The van der Waals surface area contributed by atoms with Crippen LogP contribution in [-0.2, 0) is 16.1 Å². The predicted molar refractivity (Wildman–Crippen MR) is 132 cm³/mol. The molecule has 1 aliphatic heterocycles. The molecule has 3 aromatic carbocycles. The van der Waals surface area contributed by atoms with E-state index in [9.17, 15) is 14.9 Å². The first kappa shape index (κ1) is 24.3. The summed E-state index contributed by atoms with van der Waals surface area (Å²) in [6.45, 7) is 2.51. The van der Waals surface area contributed by atoms with E-state index < -0.39 is 10.9 Å². The van der Waals surface area contributed by atoms with Gasteiger partial charge in [-0.25, -0.2) is 9.79 Å². The number of carbonyl (C=O) groups excluding carboxylic acids is 1. The second kappa shape index (κ2) is 10.6. The van der Waals surface area contributed by atoms with Gasteiger partial charge < -0.3 is 14.2 Å². The van der Waals surface area contributed by atoms with Gasteiger partial charge in [0.25, 0.3) is 5.69 Å². The Kier molecular flexibility index (Phi) is 7.33. The molecule has 35 heavy (non-hydrogen) atoms. The number of rotatable bonds is 8. The Labute approximate surface area is 210 Å². The van der Waals surface area contributed by atoms with Crippen LogP contribution in [0.5, 0.6) is 11.5 Å². The van der Waals surface area contributed by atoms with Crippen LogP contribution in [0.1, 0.15) is 23.6 Å². The Balaban J connectivity index is 1.59. The van der Waals surface area contributed by atoms with E-state index in [1.165, 1.54) is 24.3 Å². The van der Waals surface area contributed by atoms with Crippen LogP contribution in [-0.4, -0.2) is 23.4 Å². The molecular weight excluding hydrogens is 495 g/mol. The van der Waals surface area contributed by atoms with Crippen LogP contribution in [0.4, 0.5) is 5.69 Å². The zero-order chi connectivity index (χ0) is 24.9. The van der Waals surface area contributed by atoms with E-state index in [0.717, 1.165) is 5.56 Å². The molecule has 10 heteroatoms. The summed E-state index contributed by atoms with van der Waals surface area (Å²) in [7, 11) is 0. The first-order valence-electron chi connectivity index (χ1n) is 10.5. The maximum Gasteiger partial charge on any atom is 0.363 e. The summed E-state index contributed by atoms with van der Waals surface area (Å²) in [5, 5.41) is 11.7. The highest BCUT2D eigenvalue weighted by molar-refractivity contribution is 6.33. The minimum atomic E-state index is -0.686. The standard InChI is InChI=1S/C25H18Cl2N2O6/c1-2-33-23-12-15(7-10-22(23)34-14-17-5-3-4-6-18(17)26)11-20-25(30)35-24(28-20)16-8-9-19(27)21(13-16)29(31)32/h3-13H,2,14H2,1H3. The Morgan fingerprint density at radius 1 is 1.03 bits per heavy atom. The molecule has 0 bridgehead atoms. The fraction of sp³-hybridized carbons (Fsp3) is 0.120. The van der Waals surface area contributed by atoms with Gasteiger partial charge in [0.15, 0.2) is 17.2 Å². The number of nitro benzene ring substituents is 1. The molecule has 0 saturated carbocycles. The molecule has 0 unspecified atom stereocenters. The quantitative estimate of drug-likeness (QED) is 0.153. The van der Waals surface area contributed by atoms with Crippen molar-refractivity contribution < 1.29 is 23.9 Å². The van der Waals surface area contributed by atoms with Crippen molar-refractivity contribution in [2.75, 3.05) is 6.61 Å². The number of hydrogen-bond donors (Lipinski definition) is 0. The number of cyclic esters (lactones) is 1. The lowest BCUT2D eigenvalue weighted by Gasteiger charge is -2.13. The number of ether oxygens (including phenoxy) is 3. The first-order chi connectivity index (χ1) is 16.9. The fourth-order valence-electron chi connectivity index (χ4n) is 3.25. The zero-order valence-corrected chi connectivity index (χ0v) is 19.9. The van der Waals surface area contributed by atoms with Gasteiger partial charge in [-0.1, -0.05) is 47.5 Å². The first-order valence-corrected chi connectivity index (χ1v) is 11.2. The molecule has 0 atom stereocenters. The molecule has 0 N–H and O–H groups in total. The van der Waals surface area contributed by atoms with Crippen molar-refractivity contribution in [3.05, 3.63) is 103 Å². The lowest BCUT2D eigenvalue weighted by molar-refractivity contribution is -0.384. The lowest BCUT2D eigenvalue weighted by Crippen LogP contribution is -2.06. The normalized spacial score (nSPS) is 14.0. The van der Waals surface area contributed by atoms with E-state index in [1.807, 2.05) is 25.1 Å². The molecule has 1 aliphatic rings. The van der Waals surface area contributed by atoms with Crippen molar-refractivity contribution in [1.82, 2.24) is 0 Å². The average molecular weight is 513 g/mol. The number of nitrogens with zero attached hydrogens (tertiary/aromatic N) is 2. The molecule has 4 rings (SSSR count). The van der Waals surface area contributed by atoms with Crippen LogP contribution >= 0.6 is 23.2 Å². The van der Waals surface area contributed by atoms with Gasteiger partial charge >= 0.3 is 5.97 Å². The number of carbonyl (C=O) groups is 1. The fourth-order valence-corrected chi connectivity index (χ4v) is 3.63. The maximum atomic E-state index is 12.4. The number of benzene rings is 3. The molecule has 3 aromatic rings. The van der Waals surface area contributed by atoms with Crippen molar-refractivity contribution in [3.8, 4) is 11.5 Å². The topological polar surface area (TPSA) is 100 Å². The largest absolute Gasteiger partial charge is 0.490 e. The third kappa shape index (κ3) is 5.62. The SMILES string of the molecule is CCOc1cc(C=C2N=C(c3ccc(Cl)c([N+](=O)[O-])c3)OC2=O)ccc1OCc1ccccc1Cl. The summed E-state index contributed by atoms with van der Waals surface area (Å²) in [6.07, 6.45) is 1.53. The van der Waals surface area contributed by atoms with E-state index >= 15 is 0 Å². The minimum Gasteiger partial charge on any atom is -0.490 e. The molecule has 0 amide bonds. The summed E-state index contributed by atoms with van der Waals surface area (Å²) < 4.78 is 16.8. The molecule has 0 aromatic heterocycles. The van der Waals surface area contributed by atoms with E-state index in [2.05, 4.69) is 4.99 Å². The van der Waals surface area contributed by atoms with Gasteiger partial charge in [0.05, 0.1) is 11.5 Å². The third-order valence-corrected chi connectivity index (χ3v) is 5.61. The monoisotopic (exact) mass is 512 g/mol. The van der Waals surface area contributed by atoms with E-state index in [1.54, 1.807) is 24.3 Å². The highest BCUT2D eigenvalue weighted by atomic mass is 35.5. The number of esters is 1. The van der Waals surface area contributed by atoms with Gasteiger partial charge in [-0.05, 0) is 48.9 Å². The van der Waals surface area contributed by atoms with Gasteiger partial charge in [0.2, 0.25) is 5.90 Å².